The molecule has 5 nitrogen and oxygen atoms in total. The Morgan fingerprint density at radius 1 is 1.19 bits per heavy atom. The van der Waals surface area contributed by atoms with E-state index in [0.717, 1.165) is 35.8 Å². The van der Waals surface area contributed by atoms with Crippen LogP contribution in [0.4, 0.5) is 0 Å². The number of ether oxygens (including phenoxy) is 1. The van der Waals surface area contributed by atoms with E-state index in [1.54, 1.807) is 0 Å². The lowest BCUT2D eigenvalue weighted by Crippen LogP contribution is -2.41. The summed E-state index contributed by atoms with van der Waals surface area (Å²) in [7, 11) is 0.949. The molecule has 0 aliphatic carbocycles. The summed E-state index contributed by atoms with van der Waals surface area (Å²) in [5.41, 5.74) is 2.81. The van der Waals surface area contributed by atoms with Gasteiger partial charge in [0.25, 0.3) is 0 Å². The molecule has 1 aliphatic heterocycles. The number of methoxy groups -OCH3 is 1. The highest BCUT2D eigenvalue weighted by Gasteiger charge is 2.52. The van der Waals surface area contributed by atoms with E-state index in [0.29, 0.717) is 5.56 Å². The Labute approximate surface area is 155 Å². The third-order valence-corrected chi connectivity index (χ3v) is 5.63. The van der Waals surface area contributed by atoms with Crippen molar-refractivity contribution >= 4 is 29.6 Å². The normalized spacial score (nSPS) is 18.5. The number of rotatable bonds is 5. The number of aryl methyl sites for hydroxylation is 1. The summed E-state index contributed by atoms with van der Waals surface area (Å²) in [5, 5.41) is 1.11. The summed E-state index contributed by atoms with van der Waals surface area (Å²) >= 11 is 0. The minimum absolute atomic E-state index is 0.339. The zero-order valence-corrected chi connectivity index (χ0v) is 16.6. The molecule has 140 valence electrons. The predicted octanol–water partition coefficient (Wildman–Crippen LogP) is 3.60. The maximum atomic E-state index is 11.9. The number of esters is 1. The van der Waals surface area contributed by atoms with Gasteiger partial charge in [-0.2, -0.15) is 0 Å². The van der Waals surface area contributed by atoms with Gasteiger partial charge in [0.1, 0.15) is 0 Å². The van der Waals surface area contributed by atoms with Gasteiger partial charge in [-0.15, -0.1) is 0 Å². The number of benzene rings is 1. The minimum atomic E-state index is -0.444. The fraction of sp³-hybridized carbons (Fsp3) is 0.550. The van der Waals surface area contributed by atoms with Crippen LogP contribution in [0.15, 0.2) is 18.2 Å². The molecule has 3 rings (SSSR count). The van der Waals surface area contributed by atoms with Crippen molar-refractivity contribution in [2.45, 2.75) is 65.1 Å². The number of hydrogen-bond acceptors (Lipinski definition) is 4. The summed E-state index contributed by atoms with van der Waals surface area (Å²) in [4.78, 5) is 15.3. The highest BCUT2D eigenvalue weighted by molar-refractivity contribution is 6.62. The van der Waals surface area contributed by atoms with Crippen molar-refractivity contribution in [3.8, 4) is 0 Å². The van der Waals surface area contributed by atoms with Crippen LogP contribution in [0, 0.1) is 0 Å². The lowest BCUT2D eigenvalue weighted by Gasteiger charge is -2.32. The predicted molar refractivity (Wildman–Crippen MR) is 104 cm³/mol. The molecule has 0 atom stereocenters. The van der Waals surface area contributed by atoms with Gasteiger partial charge in [0.05, 0.1) is 23.9 Å². The van der Waals surface area contributed by atoms with Gasteiger partial charge in [0, 0.05) is 16.5 Å². The first-order valence-electron chi connectivity index (χ1n) is 9.28. The number of carbonyl (C=O) groups is 1. The third-order valence-electron chi connectivity index (χ3n) is 5.63. The molecule has 0 spiro atoms. The molecule has 1 saturated heterocycles. The van der Waals surface area contributed by atoms with E-state index < -0.39 is 18.3 Å². The van der Waals surface area contributed by atoms with E-state index in [1.165, 1.54) is 12.7 Å². The first-order chi connectivity index (χ1) is 12.2. The van der Waals surface area contributed by atoms with E-state index >= 15 is 0 Å². The van der Waals surface area contributed by atoms with Crippen molar-refractivity contribution in [1.29, 1.82) is 0 Å². The largest absolute Gasteiger partial charge is 0.512 e. The molecular weight excluding hydrogens is 329 g/mol. The molecule has 1 fully saturated rings. The van der Waals surface area contributed by atoms with E-state index in [1.807, 2.05) is 18.2 Å². The topological polar surface area (TPSA) is 60.5 Å². The molecule has 1 N–H and O–H groups in total. The van der Waals surface area contributed by atoms with Crippen molar-refractivity contribution < 1.29 is 18.8 Å². The van der Waals surface area contributed by atoms with Crippen molar-refractivity contribution in [1.82, 2.24) is 4.98 Å². The number of carbonyl (C=O) groups excluding carboxylic acids is 1. The van der Waals surface area contributed by atoms with Gasteiger partial charge < -0.3 is 19.0 Å². The molecule has 2 aromatic rings. The van der Waals surface area contributed by atoms with Crippen LogP contribution in [-0.4, -0.2) is 36.4 Å². The molecular formula is C20H28BNO4. The molecule has 6 heteroatoms. The Bertz CT molecular complexity index is 809. The third kappa shape index (κ3) is 3.16. The molecule has 1 aromatic heterocycles. The quantitative estimate of drug-likeness (QED) is 0.656. The Morgan fingerprint density at radius 2 is 1.85 bits per heavy atom. The summed E-state index contributed by atoms with van der Waals surface area (Å²) in [5.74, 6) is -0.339. The zero-order chi connectivity index (χ0) is 19.1. The van der Waals surface area contributed by atoms with Crippen LogP contribution in [0.3, 0.4) is 0 Å². The second kappa shape index (κ2) is 6.74. The first kappa shape index (κ1) is 19.0. The van der Waals surface area contributed by atoms with Crippen LogP contribution >= 0.6 is 0 Å². The van der Waals surface area contributed by atoms with Gasteiger partial charge in [-0.25, -0.2) is 4.79 Å². The Hall–Kier alpha value is -1.79. The minimum Gasteiger partial charge on any atom is -0.465 e. The molecule has 0 radical (unpaired) electrons. The number of nitrogens with one attached hydrogen (secondary N) is 1. The molecule has 1 aromatic carbocycles. The van der Waals surface area contributed by atoms with Crippen molar-refractivity contribution in [3.63, 3.8) is 0 Å². The van der Waals surface area contributed by atoms with Crippen LogP contribution in [0.25, 0.3) is 10.9 Å². The Kier molecular flexibility index (Phi) is 4.93. The van der Waals surface area contributed by atoms with Crippen molar-refractivity contribution in [2.75, 3.05) is 7.11 Å². The van der Waals surface area contributed by atoms with Crippen LogP contribution in [0.2, 0.25) is 0 Å². The highest BCUT2D eigenvalue weighted by atomic mass is 16.7. The fourth-order valence-corrected chi connectivity index (χ4v) is 3.31. The van der Waals surface area contributed by atoms with E-state index in [9.17, 15) is 4.79 Å². The van der Waals surface area contributed by atoms with E-state index in [-0.39, 0.29) is 5.97 Å². The number of unbranched alkanes of at least 4 members (excludes halogenated alkanes) is 1. The average Bonchev–Trinajstić information content (AvgIpc) is 3.05. The van der Waals surface area contributed by atoms with E-state index in [2.05, 4.69) is 39.6 Å². The number of H-pyrrole nitrogens is 1. The van der Waals surface area contributed by atoms with Gasteiger partial charge in [-0.05, 0) is 58.2 Å². The Balaban J connectivity index is 2.07. The second-order valence-corrected chi connectivity index (χ2v) is 7.96. The molecule has 0 unspecified atom stereocenters. The average molecular weight is 357 g/mol. The smallest absolute Gasteiger partial charge is 0.465 e. The molecule has 2 heterocycles. The van der Waals surface area contributed by atoms with Gasteiger partial charge in [-0.3, -0.25) is 0 Å². The van der Waals surface area contributed by atoms with Crippen molar-refractivity contribution in [3.05, 3.63) is 29.3 Å². The molecule has 1 aliphatic rings. The second-order valence-electron chi connectivity index (χ2n) is 7.96. The van der Waals surface area contributed by atoms with Crippen LogP contribution in [-0.2, 0) is 20.5 Å². The van der Waals surface area contributed by atoms with Gasteiger partial charge in [0.2, 0.25) is 0 Å². The molecule has 0 amide bonds. The van der Waals surface area contributed by atoms with Gasteiger partial charge in [0.15, 0.2) is 0 Å². The summed E-state index contributed by atoms with van der Waals surface area (Å²) in [6, 6.07) is 5.63. The lowest BCUT2D eigenvalue weighted by atomic mass is 9.80. The highest BCUT2D eigenvalue weighted by Crippen LogP contribution is 2.37. The van der Waals surface area contributed by atoms with Gasteiger partial charge >= 0.3 is 13.1 Å². The maximum absolute atomic E-state index is 11.9. The number of aromatic amines is 1. The number of fused-ring (bicyclic) bond motifs is 1. The number of aromatic nitrogens is 1. The first-order valence-corrected chi connectivity index (χ1v) is 9.28. The maximum Gasteiger partial charge on any atom is 0.512 e. The van der Waals surface area contributed by atoms with Crippen LogP contribution in [0.1, 0.15) is 63.4 Å². The SMILES string of the molecule is CCCCc1c(B2OC(C)(C)C(C)(C)O2)[nH]c2cc(C(=O)OC)ccc12. The van der Waals surface area contributed by atoms with Crippen molar-refractivity contribution in [2.24, 2.45) is 0 Å². The molecule has 0 bridgehead atoms. The standard InChI is InChI=1S/C20H28BNO4/c1-7-8-9-15-14-11-10-13(18(23)24-6)12-16(14)22-17(15)21-25-19(2,3)20(4,5)26-21/h10-12,22H,7-9H2,1-6H3. The van der Waals surface area contributed by atoms with Gasteiger partial charge in [-0.1, -0.05) is 19.4 Å². The Morgan fingerprint density at radius 3 is 2.42 bits per heavy atom. The van der Waals surface area contributed by atoms with E-state index in [4.69, 9.17) is 14.0 Å². The molecule has 0 saturated carbocycles. The summed E-state index contributed by atoms with van der Waals surface area (Å²) in [6.45, 7) is 10.4. The number of hydrogen-bond donors (Lipinski definition) is 1. The summed E-state index contributed by atoms with van der Waals surface area (Å²) in [6.07, 6.45) is 3.13. The zero-order valence-electron chi connectivity index (χ0n) is 16.6. The monoisotopic (exact) mass is 357 g/mol. The lowest BCUT2D eigenvalue weighted by molar-refractivity contribution is 0.00578. The summed E-state index contributed by atoms with van der Waals surface area (Å²) < 4.78 is 17.3. The van der Waals surface area contributed by atoms with Crippen LogP contribution < -0.4 is 5.59 Å². The molecule has 26 heavy (non-hydrogen) atoms. The fourth-order valence-electron chi connectivity index (χ4n) is 3.31. The van der Waals surface area contributed by atoms with Crippen LogP contribution in [0.5, 0.6) is 0 Å².